The average Bonchev–Trinajstić information content (AvgIpc) is 2.96. The summed E-state index contributed by atoms with van der Waals surface area (Å²) in [6.45, 7) is 4.31. The largest absolute Gasteiger partial charge is 0.453 e. The van der Waals surface area contributed by atoms with Crippen LogP contribution in [0.4, 0.5) is 5.69 Å². The summed E-state index contributed by atoms with van der Waals surface area (Å²) in [6, 6.07) is 21.0. The molecule has 1 aliphatic rings. The molecule has 0 bridgehead atoms. The van der Waals surface area contributed by atoms with E-state index in [9.17, 15) is 14.7 Å². The van der Waals surface area contributed by atoms with E-state index in [4.69, 9.17) is 14.2 Å². The number of ether oxygens (including phenoxy) is 3. The minimum Gasteiger partial charge on any atom is -0.453 e. The number of hydrogen-bond donors (Lipinski definition) is 2. The Kier molecular flexibility index (Phi) is 10.4. The van der Waals surface area contributed by atoms with Crippen LogP contribution in [-0.2, 0) is 36.8 Å². The summed E-state index contributed by atoms with van der Waals surface area (Å²) in [6.07, 6.45) is 1.40. The first-order valence-corrected chi connectivity index (χ1v) is 13.5. The molecule has 4 atom stereocenters. The summed E-state index contributed by atoms with van der Waals surface area (Å²) in [5.41, 5.74) is 4.20. The van der Waals surface area contributed by atoms with Gasteiger partial charge < -0.3 is 29.5 Å². The number of carbonyl (C=O) groups is 2. The number of amides is 1. The number of anilines is 1. The number of carbonyl (C=O) groups excluding carboxylic acids is 2. The highest BCUT2D eigenvalue weighted by atomic mass is 16.7. The minimum absolute atomic E-state index is 0.0180. The van der Waals surface area contributed by atoms with Crippen LogP contribution in [0, 0.1) is 0 Å². The monoisotopic (exact) mass is 547 g/mol. The molecular weight excluding hydrogens is 510 g/mol. The third-order valence-corrected chi connectivity index (χ3v) is 6.74. The van der Waals surface area contributed by atoms with Crippen LogP contribution in [0.15, 0.2) is 72.9 Å². The van der Waals surface area contributed by atoms with Gasteiger partial charge in [-0.05, 0) is 49.4 Å². The Hall–Kier alpha value is -3.63. The summed E-state index contributed by atoms with van der Waals surface area (Å²) in [4.78, 5) is 30.4. The van der Waals surface area contributed by atoms with Gasteiger partial charge in [-0.1, -0.05) is 42.5 Å². The first-order chi connectivity index (χ1) is 19.3. The molecule has 2 heterocycles. The van der Waals surface area contributed by atoms with Crippen molar-refractivity contribution in [1.82, 2.24) is 9.88 Å². The number of aliphatic hydroxyl groups excluding tert-OH is 1. The lowest BCUT2D eigenvalue weighted by molar-refractivity contribution is -0.252. The van der Waals surface area contributed by atoms with Gasteiger partial charge in [0.15, 0.2) is 12.4 Å². The fourth-order valence-electron chi connectivity index (χ4n) is 4.63. The SMILES string of the molecule is CC(=O)O[C@@H](C)C(=O)Nc1cccc([C@@H]2O[C@H](CN(C)CCc3ccccn3)C[C@H](c3ccc(CO)cc3)O2)c1. The van der Waals surface area contributed by atoms with Crippen molar-refractivity contribution < 1.29 is 28.9 Å². The van der Waals surface area contributed by atoms with E-state index in [0.29, 0.717) is 18.7 Å². The van der Waals surface area contributed by atoms with E-state index in [-0.39, 0.29) is 18.8 Å². The smallest absolute Gasteiger partial charge is 0.303 e. The van der Waals surface area contributed by atoms with Crippen LogP contribution < -0.4 is 5.32 Å². The summed E-state index contributed by atoms with van der Waals surface area (Å²) in [5, 5.41) is 12.2. The molecule has 4 rings (SSSR count). The van der Waals surface area contributed by atoms with Crippen LogP contribution in [0.25, 0.3) is 0 Å². The molecule has 40 heavy (non-hydrogen) atoms. The number of hydrogen-bond acceptors (Lipinski definition) is 8. The molecule has 1 aromatic heterocycles. The standard InChI is InChI=1S/C31H37N3O6/c1-21(38-22(2)36)30(37)33-27-9-6-7-25(17-27)31-39-28(19-34(3)16-14-26-8-4-5-15-32-26)18-29(40-31)24-12-10-23(20-35)11-13-24/h4-13,15,17,21,28-29,31,35H,14,16,18-20H2,1-3H3,(H,33,37)/t21-,28-,29+,31+/m0/s1. The second-order valence-corrected chi connectivity index (χ2v) is 10.0. The molecule has 9 nitrogen and oxygen atoms in total. The van der Waals surface area contributed by atoms with Gasteiger partial charge in [-0.15, -0.1) is 0 Å². The molecule has 0 unspecified atom stereocenters. The molecule has 3 aromatic rings. The molecule has 9 heteroatoms. The van der Waals surface area contributed by atoms with Gasteiger partial charge in [-0.3, -0.25) is 14.6 Å². The van der Waals surface area contributed by atoms with Gasteiger partial charge in [0, 0.05) is 56.0 Å². The highest BCUT2D eigenvalue weighted by Crippen LogP contribution is 2.38. The number of likely N-dealkylation sites (N-methyl/N-ethyl adjacent to an activating group) is 1. The van der Waals surface area contributed by atoms with Gasteiger partial charge in [0.2, 0.25) is 0 Å². The van der Waals surface area contributed by atoms with Crippen LogP contribution in [-0.4, -0.2) is 59.2 Å². The van der Waals surface area contributed by atoms with Gasteiger partial charge >= 0.3 is 5.97 Å². The molecule has 0 aliphatic carbocycles. The highest BCUT2D eigenvalue weighted by Gasteiger charge is 2.33. The Balaban J connectivity index is 1.48. The summed E-state index contributed by atoms with van der Waals surface area (Å²) < 4.78 is 17.9. The van der Waals surface area contributed by atoms with Crippen molar-refractivity contribution in [3.63, 3.8) is 0 Å². The van der Waals surface area contributed by atoms with Crippen molar-refractivity contribution in [1.29, 1.82) is 0 Å². The highest BCUT2D eigenvalue weighted by molar-refractivity contribution is 5.95. The molecule has 1 saturated heterocycles. The zero-order valence-electron chi connectivity index (χ0n) is 23.2. The first kappa shape index (κ1) is 29.4. The number of aromatic nitrogens is 1. The van der Waals surface area contributed by atoms with E-state index < -0.39 is 24.3 Å². The van der Waals surface area contributed by atoms with E-state index in [2.05, 4.69) is 22.2 Å². The maximum absolute atomic E-state index is 12.5. The predicted octanol–water partition coefficient (Wildman–Crippen LogP) is 4.18. The molecule has 1 aliphatic heterocycles. The number of esters is 1. The maximum Gasteiger partial charge on any atom is 0.303 e. The van der Waals surface area contributed by atoms with Crippen molar-refractivity contribution in [3.05, 3.63) is 95.3 Å². The Morgan fingerprint density at radius 3 is 2.60 bits per heavy atom. The van der Waals surface area contributed by atoms with Crippen molar-refractivity contribution >= 4 is 17.6 Å². The van der Waals surface area contributed by atoms with E-state index >= 15 is 0 Å². The molecule has 1 amide bonds. The van der Waals surface area contributed by atoms with E-state index in [1.807, 2.05) is 66.9 Å². The van der Waals surface area contributed by atoms with Gasteiger partial charge in [-0.2, -0.15) is 0 Å². The molecule has 0 saturated carbocycles. The Morgan fingerprint density at radius 1 is 1.10 bits per heavy atom. The molecule has 1 fully saturated rings. The molecule has 212 valence electrons. The van der Waals surface area contributed by atoms with E-state index in [0.717, 1.165) is 35.3 Å². The topological polar surface area (TPSA) is 110 Å². The summed E-state index contributed by atoms with van der Waals surface area (Å²) in [7, 11) is 2.07. The lowest BCUT2D eigenvalue weighted by Gasteiger charge is -2.38. The number of benzene rings is 2. The zero-order chi connectivity index (χ0) is 28.5. The zero-order valence-corrected chi connectivity index (χ0v) is 23.2. The summed E-state index contributed by atoms with van der Waals surface area (Å²) in [5.74, 6) is -0.943. The van der Waals surface area contributed by atoms with Crippen LogP contribution in [0.5, 0.6) is 0 Å². The van der Waals surface area contributed by atoms with Crippen LogP contribution in [0.3, 0.4) is 0 Å². The fourth-order valence-corrected chi connectivity index (χ4v) is 4.63. The molecule has 2 N–H and O–H groups in total. The Bertz CT molecular complexity index is 1250. The second-order valence-electron chi connectivity index (χ2n) is 10.0. The van der Waals surface area contributed by atoms with Crippen molar-refractivity contribution in [3.8, 4) is 0 Å². The maximum atomic E-state index is 12.5. The predicted molar refractivity (Wildman–Crippen MR) is 150 cm³/mol. The quantitative estimate of drug-likeness (QED) is 0.344. The lowest BCUT2D eigenvalue weighted by atomic mass is 9.99. The number of aliphatic hydroxyl groups is 1. The number of nitrogens with one attached hydrogen (secondary N) is 1. The second kappa shape index (κ2) is 14.1. The fraction of sp³-hybridized carbons (Fsp3) is 0.387. The number of rotatable bonds is 11. The number of nitrogens with zero attached hydrogens (tertiary/aromatic N) is 2. The van der Waals surface area contributed by atoms with Crippen LogP contribution in [0.1, 0.15) is 55.0 Å². The van der Waals surface area contributed by atoms with Crippen molar-refractivity contribution in [2.75, 3.05) is 25.5 Å². The van der Waals surface area contributed by atoms with Gasteiger partial charge in [0.05, 0.1) is 18.8 Å². The third-order valence-electron chi connectivity index (χ3n) is 6.74. The van der Waals surface area contributed by atoms with Crippen LogP contribution in [0.2, 0.25) is 0 Å². The molecule has 2 aromatic carbocycles. The van der Waals surface area contributed by atoms with Crippen molar-refractivity contribution in [2.24, 2.45) is 0 Å². The van der Waals surface area contributed by atoms with E-state index in [1.165, 1.54) is 13.8 Å². The van der Waals surface area contributed by atoms with Crippen LogP contribution >= 0.6 is 0 Å². The van der Waals surface area contributed by atoms with Gasteiger partial charge in [-0.25, -0.2) is 0 Å². The summed E-state index contributed by atoms with van der Waals surface area (Å²) >= 11 is 0. The van der Waals surface area contributed by atoms with Gasteiger partial charge in [0.25, 0.3) is 5.91 Å². The lowest BCUT2D eigenvalue weighted by Crippen LogP contribution is -2.38. The molecule has 0 spiro atoms. The third kappa shape index (κ3) is 8.43. The van der Waals surface area contributed by atoms with Crippen molar-refractivity contribution in [2.45, 2.75) is 57.9 Å². The molecule has 0 radical (unpaired) electrons. The van der Waals surface area contributed by atoms with E-state index in [1.54, 1.807) is 6.07 Å². The Morgan fingerprint density at radius 2 is 1.90 bits per heavy atom. The van der Waals surface area contributed by atoms with Gasteiger partial charge in [0.1, 0.15) is 0 Å². The average molecular weight is 548 g/mol. The Labute approximate surface area is 235 Å². The normalized spacial score (nSPS) is 19.7. The molecular formula is C31H37N3O6. The minimum atomic E-state index is -0.916. The first-order valence-electron chi connectivity index (χ1n) is 13.5. The number of pyridine rings is 1.